The highest BCUT2D eigenvalue weighted by molar-refractivity contribution is 7.17. The Balaban J connectivity index is 2.09. The molecule has 24 heavy (non-hydrogen) atoms. The van der Waals surface area contributed by atoms with Crippen LogP contribution in [0.5, 0.6) is 5.75 Å². The summed E-state index contributed by atoms with van der Waals surface area (Å²) in [7, 11) is 0. The lowest BCUT2D eigenvalue weighted by Gasteiger charge is -2.09. The molecule has 0 radical (unpaired) electrons. The molecule has 0 aliphatic heterocycles. The lowest BCUT2D eigenvalue weighted by atomic mass is 10.1. The molecule has 5 heteroatoms. The van der Waals surface area contributed by atoms with Crippen LogP contribution in [0.2, 0.25) is 0 Å². The van der Waals surface area contributed by atoms with Crippen LogP contribution in [0.4, 0.5) is 0 Å². The minimum absolute atomic E-state index is 0.634. The van der Waals surface area contributed by atoms with Crippen molar-refractivity contribution >= 4 is 16.3 Å². The van der Waals surface area contributed by atoms with Gasteiger partial charge in [-0.3, -0.25) is 4.40 Å². The fraction of sp³-hybridized carbons (Fsp3) is 0.421. The van der Waals surface area contributed by atoms with E-state index in [0.29, 0.717) is 6.54 Å². The maximum Gasteiger partial charge on any atom is 0.194 e. The monoisotopic (exact) mass is 343 g/mol. The molecule has 4 nitrogen and oxygen atoms in total. The molecule has 2 heterocycles. The summed E-state index contributed by atoms with van der Waals surface area (Å²) in [4.78, 5) is 7.17. The Kier molecular flexibility index (Phi) is 5.21. The van der Waals surface area contributed by atoms with Crippen molar-refractivity contribution in [2.45, 2.75) is 40.0 Å². The van der Waals surface area contributed by atoms with Gasteiger partial charge in [0.25, 0.3) is 0 Å². The largest absolute Gasteiger partial charge is 0.494 e. The van der Waals surface area contributed by atoms with E-state index in [4.69, 9.17) is 15.5 Å². The van der Waals surface area contributed by atoms with Gasteiger partial charge in [-0.05, 0) is 56.1 Å². The average Bonchev–Trinajstić information content (AvgIpc) is 3.09. The van der Waals surface area contributed by atoms with E-state index in [2.05, 4.69) is 49.4 Å². The van der Waals surface area contributed by atoms with Crippen LogP contribution in [0, 0.1) is 6.92 Å². The first-order valence-corrected chi connectivity index (χ1v) is 9.44. The molecule has 2 N–H and O–H groups in total. The van der Waals surface area contributed by atoms with Crippen LogP contribution < -0.4 is 10.5 Å². The van der Waals surface area contributed by atoms with Gasteiger partial charge in [-0.1, -0.05) is 13.8 Å². The number of hydrogen-bond donors (Lipinski definition) is 1. The maximum atomic E-state index is 5.82. The van der Waals surface area contributed by atoms with Crippen molar-refractivity contribution in [3.05, 3.63) is 40.5 Å². The zero-order chi connectivity index (χ0) is 17.1. The van der Waals surface area contributed by atoms with E-state index in [9.17, 15) is 0 Å². The van der Waals surface area contributed by atoms with Crippen LogP contribution in [-0.4, -0.2) is 22.5 Å². The molecule has 0 saturated carbocycles. The zero-order valence-electron chi connectivity index (χ0n) is 14.6. The summed E-state index contributed by atoms with van der Waals surface area (Å²) in [5, 5.41) is 0. The second-order valence-electron chi connectivity index (χ2n) is 5.90. The lowest BCUT2D eigenvalue weighted by molar-refractivity contribution is 0.317. The molecular formula is C19H25N3OS. The number of nitrogens with two attached hydrogens (primary N) is 1. The van der Waals surface area contributed by atoms with Gasteiger partial charge in [-0.25, -0.2) is 4.98 Å². The molecule has 0 unspecified atom stereocenters. The maximum absolute atomic E-state index is 5.82. The number of imidazole rings is 1. The summed E-state index contributed by atoms with van der Waals surface area (Å²) in [6.45, 7) is 7.77. The molecule has 0 saturated heterocycles. The second-order valence-corrected chi connectivity index (χ2v) is 6.96. The third kappa shape index (κ3) is 3.06. The number of ether oxygens (including phenoxy) is 1. The van der Waals surface area contributed by atoms with Crippen LogP contribution in [0.15, 0.2) is 24.3 Å². The van der Waals surface area contributed by atoms with Crippen LogP contribution >= 0.6 is 11.3 Å². The highest BCUT2D eigenvalue weighted by Gasteiger charge is 2.19. The molecule has 3 rings (SSSR count). The van der Waals surface area contributed by atoms with Crippen molar-refractivity contribution in [1.82, 2.24) is 9.38 Å². The highest BCUT2D eigenvalue weighted by atomic mass is 32.1. The molecule has 0 aliphatic carbocycles. The minimum Gasteiger partial charge on any atom is -0.494 e. The summed E-state index contributed by atoms with van der Waals surface area (Å²) in [5.74, 6) is 0.925. The Morgan fingerprint density at radius 1 is 1.21 bits per heavy atom. The fourth-order valence-corrected chi connectivity index (χ4v) is 4.15. The van der Waals surface area contributed by atoms with E-state index in [0.717, 1.165) is 42.3 Å². The topological polar surface area (TPSA) is 52.5 Å². The van der Waals surface area contributed by atoms with E-state index in [1.807, 2.05) is 0 Å². The van der Waals surface area contributed by atoms with Crippen molar-refractivity contribution < 1.29 is 4.74 Å². The normalized spacial score (nSPS) is 11.3. The van der Waals surface area contributed by atoms with Gasteiger partial charge in [0, 0.05) is 17.0 Å². The molecular weight excluding hydrogens is 318 g/mol. The first-order valence-electron chi connectivity index (χ1n) is 8.62. The van der Waals surface area contributed by atoms with Gasteiger partial charge in [0.15, 0.2) is 4.96 Å². The zero-order valence-corrected chi connectivity index (χ0v) is 15.4. The number of aromatic nitrogens is 2. The minimum atomic E-state index is 0.634. The van der Waals surface area contributed by atoms with Crippen LogP contribution in [0.1, 0.15) is 36.5 Å². The predicted octanol–water partition coefficient (Wildman–Crippen LogP) is 4.22. The van der Waals surface area contributed by atoms with Crippen molar-refractivity contribution in [1.29, 1.82) is 0 Å². The van der Waals surface area contributed by atoms with Crippen LogP contribution in [-0.2, 0) is 12.8 Å². The van der Waals surface area contributed by atoms with E-state index in [1.165, 1.54) is 21.8 Å². The van der Waals surface area contributed by atoms with Gasteiger partial charge < -0.3 is 10.5 Å². The molecule has 0 spiro atoms. The Morgan fingerprint density at radius 3 is 2.58 bits per heavy atom. The number of rotatable bonds is 7. The van der Waals surface area contributed by atoms with Crippen LogP contribution in [0.25, 0.3) is 16.2 Å². The summed E-state index contributed by atoms with van der Waals surface area (Å²) >= 11 is 1.78. The number of nitrogens with zero attached hydrogens (tertiary/aromatic N) is 2. The van der Waals surface area contributed by atoms with Crippen LogP contribution in [0.3, 0.4) is 0 Å². The molecule has 0 atom stereocenters. The smallest absolute Gasteiger partial charge is 0.194 e. The lowest BCUT2D eigenvalue weighted by Crippen LogP contribution is -2.07. The van der Waals surface area contributed by atoms with E-state index in [-0.39, 0.29) is 0 Å². The molecule has 0 aliphatic rings. The third-order valence-electron chi connectivity index (χ3n) is 4.15. The Hall–Kier alpha value is -1.85. The molecule has 128 valence electrons. The quantitative estimate of drug-likeness (QED) is 0.699. The number of aryl methyl sites for hydroxylation is 2. The van der Waals surface area contributed by atoms with E-state index in [1.54, 1.807) is 11.3 Å². The Labute approximate surface area is 147 Å². The fourth-order valence-electron chi connectivity index (χ4n) is 3.01. The number of benzene rings is 1. The van der Waals surface area contributed by atoms with Gasteiger partial charge in [-0.15, -0.1) is 11.3 Å². The molecule has 0 bridgehead atoms. The molecule has 0 fully saturated rings. The van der Waals surface area contributed by atoms with E-state index < -0.39 is 0 Å². The van der Waals surface area contributed by atoms with Gasteiger partial charge in [-0.2, -0.15) is 0 Å². The van der Waals surface area contributed by atoms with Gasteiger partial charge >= 0.3 is 0 Å². The summed E-state index contributed by atoms with van der Waals surface area (Å²) in [5.41, 5.74) is 10.6. The van der Waals surface area contributed by atoms with Crippen molar-refractivity contribution in [3.63, 3.8) is 0 Å². The van der Waals surface area contributed by atoms with Gasteiger partial charge in [0.1, 0.15) is 5.75 Å². The molecule has 1 aromatic carbocycles. The van der Waals surface area contributed by atoms with Gasteiger partial charge in [0.2, 0.25) is 0 Å². The van der Waals surface area contributed by atoms with Crippen molar-refractivity contribution in [2.24, 2.45) is 5.73 Å². The first kappa shape index (κ1) is 17.0. The second kappa shape index (κ2) is 7.36. The standard InChI is InChI=1S/C19H25N3OS/c1-4-12-23-15-8-6-14(7-9-15)18-17(5-2)24-19-21-13(3)16(10-11-20)22(18)19/h6-9H,4-5,10-12,20H2,1-3H3. The summed E-state index contributed by atoms with van der Waals surface area (Å²) in [6, 6.07) is 8.40. The van der Waals surface area contributed by atoms with E-state index >= 15 is 0 Å². The molecule has 3 aromatic rings. The molecule has 2 aromatic heterocycles. The number of fused-ring (bicyclic) bond motifs is 1. The SMILES string of the molecule is CCCOc1ccc(-c2c(CC)sc3nc(C)c(CCN)n23)cc1. The average molecular weight is 343 g/mol. The number of hydrogen-bond acceptors (Lipinski definition) is 4. The summed E-state index contributed by atoms with van der Waals surface area (Å²) in [6.07, 6.45) is 2.86. The first-order chi connectivity index (χ1) is 11.7. The van der Waals surface area contributed by atoms with Crippen molar-refractivity contribution in [2.75, 3.05) is 13.2 Å². The highest BCUT2D eigenvalue weighted by Crippen LogP contribution is 2.35. The molecule has 0 amide bonds. The number of thiazole rings is 1. The third-order valence-corrected chi connectivity index (χ3v) is 5.33. The van der Waals surface area contributed by atoms with Gasteiger partial charge in [0.05, 0.1) is 18.0 Å². The predicted molar refractivity (Wildman–Crippen MR) is 101 cm³/mol. The Morgan fingerprint density at radius 2 is 1.96 bits per heavy atom. The summed E-state index contributed by atoms with van der Waals surface area (Å²) < 4.78 is 8.00. The van der Waals surface area contributed by atoms with Crippen molar-refractivity contribution in [3.8, 4) is 17.0 Å². The Bertz CT molecular complexity index is 817.